The number of aromatic nitrogens is 2. The van der Waals surface area contributed by atoms with Crippen LogP contribution in [0, 0.1) is 0 Å². The van der Waals surface area contributed by atoms with Gasteiger partial charge in [-0.1, -0.05) is 0 Å². The van der Waals surface area contributed by atoms with Crippen LogP contribution in [0.3, 0.4) is 0 Å². The zero-order valence-electron chi connectivity index (χ0n) is 13.7. The summed E-state index contributed by atoms with van der Waals surface area (Å²) in [5.41, 5.74) is 1.41. The molecule has 7 heteroatoms. The molecule has 130 valence electrons. The molecule has 0 atom stereocenters. The molecule has 0 unspecified atom stereocenters. The Balaban J connectivity index is 1.48. The molecule has 0 bridgehead atoms. The van der Waals surface area contributed by atoms with Crippen LogP contribution in [0.15, 0.2) is 61.1 Å². The van der Waals surface area contributed by atoms with Crippen LogP contribution in [0.2, 0.25) is 0 Å². The largest absolute Gasteiger partial charge is 0.485 e. The number of anilines is 1. The van der Waals surface area contributed by atoms with E-state index in [2.05, 4.69) is 15.3 Å². The van der Waals surface area contributed by atoms with Crippen molar-refractivity contribution in [2.45, 2.75) is 6.61 Å². The Hall–Kier alpha value is -3.61. The van der Waals surface area contributed by atoms with Gasteiger partial charge in [-0.3, -0.25) is 9.78 Å². The number of fused-ring (bicyclic) bond motifs is 1. The standard InChI is InChI=1S/C19H15N3O4/c23-19(14-3-4-15-17(10-14)26-12-25-15)22-18-16(2-1-7-21-18)24-11-13-5-8-20-9-6-13/h1-10H,11-12H2,(H,21,22,23). The maximum atomic E-state index is 12.5. The van der Waals surface area contributed by atoms with Crippen molar-refractivity contribution < 1.29 is 19.0 Å². The lowest BCUT2D eigenvalue weighted by Crippen LogP contribution is -2.14. The molecule has 1 aromatic carbocycles. The van der Waals surface area contributed by atoms with Crippen LogP contribution in [-0.2, 0) is 6.61 Å². The number of nitrogens with one attached hydrogen (secondary N) is 1. The number of nitrogens with zero attached hydrogens (tertiary/aromatic N) is 2. The van der Waals surface area contributed by atoms with E-state index in [0.717, 1.165) is 5.56 Å². The Morgan fingerprint density at radius 2 is 1.92 bits per heavy atom. The minimum atomic E-state index is -0.309. The van der Waals surface area contributed by atoms with Crippen LogP contribution < -0.4 is 19.5 Å². The monoisotopic (exact) mass is 349 g/mol. The van der Waals surface area contributed by atoms with E-state index >= 15 is 0 Å². The van der Waals surface area contributed by atoms with Crippen molar-refractivity contribution in [2.75, 3.05) is 12.1 Å². The van der Waals surface area contributed by atoms with Gasteiger partial charge in [0.05, 0.1) is 0 Å². The summed E-state index contributed by atoms with van der Waals surface area (Å²) in [4.78, 5) is 20.7. The van der Waals surface area contributed by atoms with E-state index in [1.54, 1.807) is 48.9 Å². The number of rotatable bonds is 5. The topological polar surface area (TPSA) is 82.6 Å². The van der Waals surface area contributed by atoms with E-state index in [0.29, 0.717) is 35.2 Å². The van der Waals surface area contributed by atoms with E-state index in [9.17, 15) is 4.79 Å². The summed E-state index contributed by atoms with van der Waals surface area (Å²) in [5.74, 6) is 1.70. The van der Waals surface area contributed by atoms with Gasteiger partial charge >= 0.3 is 0 Å². The third-order valence-corrected chi connectivity index (χ3v) is 3.78. The number of hydrogen-bond acceptors (Lipinski definition) is 6. The van der Waals surface area contributed by atoms with Crippen molar-refractivity contribution in [3.05, 3.63) is 72.2 Å². The minimum Gasteiger partial charge on any atom is -0.485 e. The number of carbonyl (C=O) groups excluding carboxylic acids is 1. The van der Waals surface area contributed by atoms with Crippen molar-refractivity contribution in [2.24, 2.45) is 0 Å². The van der Waals surface area contributed by atoms with E-state index in [4.69, 9.17) is 14.2 Å². The second-order valence-electron chi connectivity index (χ2n) is 5.52. The van der Waals surface area contributed by atoms with Gasteiger partial charge in [0.1, 0.15) is 6.61 Å². The highest BCUT2D eigenvalue weighted by molar-refractivity contribution is 6.04. The molecule has 1 N–H and O–H groups in total. The van der Waals surface area contributed by atoms with E-state index in [1.807, 2.05) is 12.1 Å². The normalized spacial score (nSPS) is 11.8. The number of benzene rings is 1. The molecule has 0 aliphatic carbocycles. The Kier molecular flexibility index (Phi) is 4.34. The van der Waals surface area contributed by atoms with Crippen LogP contribution in [0.4, 0.5) is 5.82 Å². The van der Waals surface area contributed by atoms with Crippen LogP contribution in [-0.4, -0.2) is 22.7 Å². The first kappa shape index (κ1) is 15.9. The molecule has 1 aliphatic heterocycles. The summed E-state index contributed by atoms with van der Waals surface area (Å²) in [6.07, 6.45) is 4.99. The van der Waals surface area contributed by atoms with E-state index < -0.39 is 0 Å². The summed E-state index contributed by atoms with van der Waals surface area (Å²) in [6, 6.07) is 12.2. The second-order valence-corrected chi connectivity index (χ2v) is 5.52. The van der Waals surface area contributed by atoms with Gasteiger partial charge in [0.25, 0.3) is 5.91 Å². The molecule has 0 fully saturated rings. The lowest BCUT2D eigenvalue weighted by Gasteiger charge is -2.11. The zero-order valence-corrected chi connectivity index (χ0v) is 13.7. The molecule has 0 radical (unpaired) electrons. The van der Waals surface area contributed by atoms with Gasteiger partial charge in [-0.05, 0) is 48.0 Å². The molecular formula is C19H15N3O4. The van der Waals surface area contributed by atoms with Gasteiger partial charge < -0.3 is 19.5 Å². The molecule has 3 aromatic rings. The highest BCUT2D eigenvalue weighted by atomic mass is 16.7. The number of pyridine rings is 2. The van der Waals surface area contributed by atoms with Crippen LogP contribution in [0.5, 0.6) is 17.2 Å². The van der Waals surface area contributed by atoms with Crippen LogP contribution in [0.1, 0.15) is 15.9 Å². The number of hydrogen-bond donors (Lipinski definition) is 1. The molecule has 2 aromatic heterocycles. The second kappa shape index (κ2) is 7.10. The van der Waals surface area contributed by atoms with E-state index in [-0.39, 0.29) is 12.7 Å². The molecular weight excluding hydrogens is 334 g/mol. The van der Waals surface area contributed by atoms with Gasteiger partial charge in [-0.2, -0.15) is 0 Å². The predicted octanol–water partition coefficient (Wildman–Crippen LogP) is 3.04. The molecule has 4 rings (SSSR count). The third-order valence-electron chi connectivity index (χ3n) is 3.78. The number of carbonyl (C=O) groups is 1. The van der Waals surface area contributed by atoms with Crippen molar-refractivity contribution in [3.63, 3.8) is 0 Å². The van der Waals surface area contributed by atoms with Gasteiger partial charge in [-0.25, -0.2) is 4.98 Å². The average molecular weight is 349 g/mol. The molecule has 3 heterocycles. The fourth-order valence-electron chi connectivity index (χ4n) is 2.46. The van der Waals surface area contributed by atoms with Gasteiger partial charge in [0.15, 0.2) is 23.1 Å². The van der Waals surface area contributed by atoms with Crippen molar-refractivity contribution in [1.29, 1.82) is 0 Å². The average Bonchev–Trinajstić information content (AvgIpc) is 3.16. The third kappa shape index (κ3) is 3.41. The summed E-state index contributed by atoms with van der Waals surface area (Å²) < 4.78 is 16.3. The summed E-state index contributed by atoms with van der Waals surface area (Å²) in [6.45, 7) is 0.509. The SMILES string of the molecule is O=C(Nc1ncccc1OCc1ccncc1)c1ccc2c(c1)OCO2. The molecule has 7 nitrogen and oxygen atoms in total. The van der Waals surface area contributed by atoms with Crippen LogP contribution >= 0.6 is 0 Å². The van der Waals surface area contributed by atoms with Crippen molar-refractivity contribution in [1.82, 2.24) is 9.97 Å². The maximum absolute atomic E-state index is 12.5. The zero-order chi connectivity index (χ0) is 17.8. The predicted molar refractivity (Wildman–Crippen MR) is 93.3 cm³/mol. The fraction of sp³-hybridized carbons (Fsp3) is 0.105. The lowest BCUT2D eigenvalue weighted by molar-refractivity contribution is 0.102. The summed E-state index contributed by atoms with van der Waals surface area (Å²) in [7, 11) is 0. The highest BCUT2D eigenvalue weighted by Crippen LogP contribution is 2.33. The quantitative estimate of drug-likeness (QED) is 0.762. The van der Waals surface area contributed by atoms with Gasteiger partial charge in [0.2, 0.25) is 6.79 Å². The molecule has 0 saturated carbocycles. The smallest absolute Gasteiger partial charge is 0.257 e. The summed E-state index contributed by atoms with van der Waals surface area (Å²) in [5, 5.41) is 2.77. The number of ether oxygens (including phenoxy) is 3. The van der Waals surface area contributed by atoms with Gasteiger partial charge in [0, 0.05) is 24.2 Å². The molecule has 0 spiro atoms. The minimum absolute atomic E-state index is 0.160. The molecule has 26 heavy (non-hydrogen) atoms. The van der Waals surface area contributed by atoms with Crippen molar-refractivity contribution >= 4 is 11.7 Å². The molecule has 1 aliphatic rings. The Labute approximate surface area is 149 Å². The van der Waals surface area contributed by atoms with Crippen LogP contribution in [0.25, 0.3) is 0 Å². The first-order valence-electron chi connectivity index (χ1n) is 7.97. The Morgan fingerprint density at radius 1 is 1.08 bits per heavy atom. The lowest BCUT2D eigenvalue weighted by atomic mass is 10.2. The molecule has 0 saturated heterocycles. The first-order chi connectivity index (χ1) is 12.8. The highest BCUT2D eigenvalue weighted by Gasteiger charge is 2.17. The van der Waals surface area contributed by atoms with Crippen molar-refractivity contribution in [3.8, 4) is 17.2 Å². The maximum Gasteiger partial charge on any atom is 0.257 e. The summed E-state index contributed by atoms with van der Waals surface area (Å²) >= 11 is 0. The van der Waals surface area contributed by atoms with Gasteiger partial charge in [-0.15, -0.1) is 0 Å². The number of amides is 1. The van der Waals surface area contributed by atoms with E-state index in [1.165, 1.54) is 0 Å². The Morgan fingerprint density at radius 3 is 2.81 bits per heavy atom. The fourth-order valence-corrected chi connectivity index (χ4v) is 2.46. The molecule has 1 amide bonds. The first-order valence-corrected chi connectivity index (χ1v) is 7.97. The Bertz CT molecular complexity index is 931.